The second kappa shape index (κ2) is 11.6. The van der Waals surface area contributed by atoms with Crippen molar-refractivity contribution < 1.29 is 23.9 Å². The summed E-state index contributed by atoms with van der Waals surface area (Å²) in [6.07, 6.45) is 1.08. The number of nitrogens with two attached hydrogens (primary N) is 1. The molecule has 3 heterocycles. The largest absolute Gasteiger partial charge is 0.448 e. The molecule has 0 saturated carbocycles. The Bertz CT molecular complexity index is 1200. The maximum absolute atomic E-state index is 13.8. The maximum Gasteiger partial charge on any atom is 0.435 e. The second-order valence-electron chi connectivity index (χ2n) is 10.8. The number of amides is 3. The molecule has 2 aliphatic heterocycles. The fraction of sp³-hybridized carbons (Fsp3) is 0.556. The molecule has 2 aromatic rings. The van der Waals surface area contributed by atoms with Gasteiger partial charge in [0, 0.05) is 42.6 Å². The molecule has 1 atom stereocenters. The standard InChI is InChI=1S/C27H39N7O5/c1-6-39-26(37)34-22-20(23(31-34)30-24(35)18-7-9-19(28)10-8-18)15-33(27(22,2)3)25(36)29-21(16-32(4)5)17-11-13-38-14-12-17/h7-10,17,21H,6,11-16,28H2,1-5H3,(H,29,36)(H,30,31,35)/t21-/m1/s1. The van der Waals surface area contributed by atoms with Crippen LogP contribution in [0.1, 0.15) is 55.2 Å². The number of hydrogen-bond acceptors (Lipinski definition) is 8. The van der Waals surface area contributed by atoms with Gasteiger partial charge in [0.25, 0.3) is 5.91 Å². The van der Waals surface area contributed by atoms with Gasteiger partial charge in [-0.05, 0) is 77.9 Å². The number of ether oxygens (including phenoxy) is 2. The molecule has 1 aromatic heterocycles. The predicted molar refractivity (Wildman–Crippen MR) is 146 cm³/mol. The van der Waals surface area contributed by atoms with Crippen molar-refractivity contribution in [1.82, 2.24) is 24.9 Å². The average molecular weight is 542 g/mol. The smallest absolute Gasteiger partial charge is 0.435 e. The van der Waals surface area contributed by atoms with Gasteiger partial charge in [-0.15, -0.1) is 5.10 Å². The van der Waals surface area contributed by atoms with E-state index in [4.69, 9.17) is 15.2 Å². The van der Waals surface area contributed by atoms with Crippen LogP contribution in [0.25, 0.3) is 0 Å². The highest BCUT2D eigenvalue weighted by Gasteiger charge is 2.47. The fourth-order valence-corrected chi connectivity index (χ4v) is 5.33. The van der Waals surface area contributed by atoms with Gasteiger partial charge < -0.3 is 35.6 Å². The lowest BCUT2D eigenvalue weighted by molar-refractivity contribution is 0.0488. The lowest BCUT2D eigenvalue weighted by Crippen LogP contribution is -2.54. The van der Waals surface area contributed by atoms with Crippen molar-refractivity contribution in [3.63, 3.8) is 0 Å². The Morgan fingerprint density at radius 1 is 1.21 bits per heavy atom. The quantitative estimate of drug-likeness (QED) is 0.454. The van der Waals surface area contributed by atoms with E-state index in [1.807, 2.05) is 27.9 Å². The Hall–Kier alpha value is -3.64. The molecule has 12 heteroatoms. The molecule has 0 spiro atoms. The molecule has 0 aliphatic carbocycles. The summed E-state index contributed by atoms with van der Waals surface area (Å²) in [6.45, 7) is 7.78. The van der Waals surface area contributed by atoms with E-state index in [-0.39, 0.29) is 31.0 Å². The fourth-order valence-electron chi connectivity index (χ4n) is 5.33. The molecule has 0 bridgehead atoms. The first-order valence-corrected chi connectivity index (χ1v) is 13.3. The SMILES string of the molecule is CCOC(=O)n1nc(NC(=O)c2ccc(N)cc2)c2c1C(C)(C)N(C(=O)N[C@H](CN(C)C)C1CCOCC1)C2. The number of nitrogens with zero attached hydrogens (tertiary/aromatic N) is 4. The van der Waals surface area contributed by atoms with Crippen LogP contribution in [0.3, 0.4) is 0 Å². The number of benzene rings is 1. The van der Waals surface area contributed by atoms with Crippen molar-refractivity contribution in [2.75, 3.05) is 51.5 Å². The summed E-state index contributed by atoms with van der Waals surface area (Å²) in [5, 5.41) is 10.5. The minimum Gasteiger partial charge on any atom is -0.448 e. The van der Waals surface area contributed by atoms with Crippen LogP contribution in [0, 0.1) is 5.92 Å². The molecular formula is C27H39N7O5. The summed E-state index contributed by atoms with van der Waals surface area (Å²) in [6, 6.07) is 6.17. The number of fused-ring (bicyclic) bond motifs is 1. The number of nitrogens with one attached hydrogen (secondary N) is 2. The Labute approximate surface area is 228 Å². The number of urea groups is 1. The summed E-state index contributed by atoms with van der Waals surface area (Å²) < 4.78 is 11.9. The molecule has 39 heavy (non-hydrogen) atoms. The molecule has 1 saturated heterocycles. The van der Waals surface area contributed by atoms with Gasteiger partial charge in [0.1, 0.15) is 0 Å². The molecule has 0 unspecified atom stereocenters. The van der Waals surface area contributed by atoms with Gasteiger partial charge in [0.2, 0.25) is 0 Å². The normalized spacial score (nSPS) is 17.5. The molecule has 2 aliphatic rings. The van der Waals surface area contributed by atoms with Crippen molar-refractivity contribution in [2.45, 2.75) is 51.7 Å². The number of anilines is 2. The first-order valence-electron chi connectivity index (χ1n) is 13.3. The number of likely N-dealkylation sites (N-methyl/N-ethyl adjacent to an activating group) is 1. The molecule has 4 N–H and O–H groups in total. The van der Waals surface area contributed by atoms with Gasteiger partial charge in [0.15, 0.2) is 5.82 Å². The van der Waals surface area contributed by atoms with E-state index in [1.54, 1.807) is 36.1 Å². The number of rotatable bonds is 7. The number of hydrogen-bond donors (Lipinski definition) is 3. The third-order valence-corrected chi connectivity index (χ3v) is 7.35. The van der Waals surface area contributed by atoms with E-state index >= 15 is 0 Å². The minimum absolute atomic E-state index is 0.0674. The number of nitrogen functional groups attached to an aromatic ring is 1. The van der Waals surface area contributed by atoms with Gasteiger partial charge >= 0.3 is 12.1 Å². The zero-order valence-corrected chi connectivity index (χ0v) is 23.3. The van der Waals surface area contributed by atoms with Crippen LogP contribution in [0.2, 0.25) is 0 Å². The zero-order valence-electron chi connectivity index (χ0n) is 23.3. The van der Waals surface area contributed by atoms with Crippen LogP contribution < -0.4 is 16.4 Å². The van der Waals surface area contributed by atoms with Crippen LogP contribution >= 0.6 is 0 Å². The number of carbonyl (C=O) groups is 3. The highest BCUT2D eigenvalue weighted by Crippen LogP contribution is 2.42. The third-order valence-electron chi connectivity index (χ3n) is 7.35. The van der Waals surface area contributed by atoms with Crippen molar-refractivity contribution in [2.24, 2.45) is 5.92 Å². The first kappa shape index (κ1) is 28.4. The van der Waals surface area contributed by atoms with Crippen LogP contribution in [0.5, 0.6) is 0 Å². The average Bonchev–Trinajstić information content (AvgIpc) is 3.39. The summed E-state index contributed by atoms with van der Waals surface area (Å²) in [5.41, 5.74) is 6.84. The molecule has 3 amide bonds. The van der Waals surface area contributed by atoms with Crippen molar-refractivity contribution in [1.29, 1.82) is 0 Å². The van der Waals surface area contributed by atoms with Crippen molar-refractivity contribution >= 4 is 29.5 Å². The molecular weight excluding hydrogens is 502 g/mol. The van der Waals surface area contributed by atoms with Gasteiger partial charge in [0.05, 0.1) is 24.4 Å². The second-order valence-corrected chi connectivity index (χ2v) is 10.8. The third kappa shape index (κ3) is 6.01. The van der Waals surface area contributed by atoms with E-state index in [1.165, 1.54) is 0 Å². The molecule has 12 nitrogen and oxygen atoms in total. The molecule has 212 valence electrons. The van der Waals surface area contributed by atoms with E-state index in [0.29, 0.717) is 48.2 Å². The van der Waals surface area contributed by atoms with Gasteiger partial charge in [-0.1, -0.05) is 0 Å². The van der Waals surface area contributed by atoms with Gasteiger partial charge in [-0.3, -0.25) is 4.79 Å². The van der Waals surface area contributed by atoms with Crippen molar-refractivity contribution in [3.8, 4) is 0 Å². The highest BCUT2D eigenvalue weighted by molar-refractivity contribution is 6.04. The summed E-state index contributed by atoms with van der Waals surface area (Å²) in [5.74, 6) is 0.0954. The Morgan fingerprint density at radius 3 is 2.49 bits per heavy atom. The maximum atomic E-state index is 13.8. The zero-order chi connectivity index (χ0) is 28.3. The highest BCUT2D eigenvalue weighted by atomic mass is 16.6. The van der Waals surface area contributed by atoms with E-state index < -0.39 is 17.5 Å². The van der Waals surface area contributed by atoms with Crippen LogP contribution in [-0.4, -0.2) is 84.1 Å². The van der Waals surface area contributed by atoms with Gasteiger partial charge in [-0.25, -0.2) is 9.59 Å². The lowest BCUT2D eigenvalue weighted by Gasteiger charge is -2.37. The van der Waals surface area contributed by atoms with E-state index in [9.17, 15) is 14.4 Å². The van der Waals surface area contributed by atoms with Crippen LogP contribution in [0.4, 0.5) is 21.1 Å². The Morgan fingerprint density at radius 2 is 1.87 bits per heavy atom. The Kier molecular flexibility index (Phi) is 8.45. The summed E-state index contributed by atoms with van der Waals surface area (Å²) in [7, 11) is 3.97. The van der Waals surface area contributed by atoms with E-state index in [2.05, 4.69) is 20.6 Å². The van der Waals surface area contributed by atoms with Gasteiger partial charge in [-0.2, -0.15) is 4.68 Å². The van der Waals surface area contributed by atoms with Crippen LogP contribution in [0.15, 0.2) is 24.3 Å². The topological polar surface area (TPSA) is 144 Å². The summed E-state index contributed by atoms with van der Waals surface area (Å²) >= 11 is 0. The molecule has 1 aromatic carbocycles. The number of carbonyl (C=O) groups excluding carboxylic acids is 3. The monoisotopic (exact) mass is 541 g/mol. The lowest BCUT2D eigenvalue weighted by atomic mass is 9.91. The Balaban J connectivity index is 1.63. The predicted octanol–water partition coefficient (Wildman–Crippen LogP) is 2.84. The van der Waals surface area contributed by atoms with Crippen LogP contribution in [-0.2, 0) is 21.6 Å². The molecule has 4 rings (SSSR count). The van der Waals surface area contributed by atoms with Crippen molar-refractivity contribution in [3.05, 3.63) is 41.1 Å². The minimum atomic E-state index is -0.915. The number of aromatic nitrogens is 2. The molecule has 0 radical (unpaired) electrons. The van der Waals surface area contributed by atoms with E-state index in [0.717, 1.165) is 17.5 Å². The molecule has 1 fully saturated rings. The summed E-state index contributed by atoms with van der Waals surface area (Å²) in [4.78, 5) is 43.4. The first-order chi connectivity index (χ1) is 18.5.